The van der Waals surface area contributed by atoms with E-state index in [1.807, 2.05) is 47.4 Å². The van der Waals surface area contributed by atoms with Crippen LogP contribution in [0.5, 0.6) is 0 Å². The number of benzene rings is 2. The van der Waals surface area contributed by atoms with Crippen molar-refractivity contribution in [2.24, 2.45) is 0 Å². The summed E-state index contributed by atoms with van der Waals surface area (Å²) >= 11 is 0. The molecule has 1 fully saturated rings. The highest BCUT2D eigenvalue weighted by molar-refractivity contribution is 5.95. The van der Waals surface area contributed by atoms with E-state index in [1.54, 1.807) is 0 Å². The van der Waals surface area contributed by atoms with Crippen LogP contribution in [0.2, 0.25) is 0 Å². The van der Waals surface area contributed by atoms with E-state index in [1.165, 1.54) is 0 Å². The maximum atomic E-state index is 13.8. The van der Waals surface area contributed by atoms with Crippen LogP contribution >= 0.6 is 0 Å². The molecule has 0 spiro atoms. The normalized spacial score (nSPS) is 15.4. The Morgan fingerprint density at radius 1 is 0.821 bits per heavy atom. The molecule has 8 heteroatoms. The van der Waals surface area contributed by atoms with Gasteiger partial charge in [-0.05, 0) is 5.56 Å². The number of hydrogen-bond acceptors (Lipinski definition) is 2. The molecular weight excluding hydrogens is 379 g/mol. The van der Waals surface area contributed by atoms with Gasteiger partial charge in [-0.3, -0.25) is 9.69 Å². The molecule has 0 aliphatic carbocycles. The van der Waals surface area contributed by atoms with Crippen molar-refractivity contribution in [3.63, 3.8) is 0 Å². The summed E-state index contributed by atoms with van der Waals surface area (Å²) in [5.74, 6) is -11.9. The molecule has 1 aliphatic rings. The first kappa shape index (κ1) is 20.0. The molecule has 2 aromatic carbocycles. The Morgan fingerprint density at radius 3 is 1.93 bits per heavy atom. The first-order chi connectivity index (χ1) is 13.4. The van der Waals surface area contributed by atoms with Gasteiger partial charge in [-0.15, -0.1) is 0 Å². The Morgan fingerprint density at radius 2 is 1.36 bits per heavy atom. The number of hydrogen-bond donors (Lipinski definition) is 0. The average molecular weight is 396 g/mol. The molecule has 3 rings (SSSR count). The van der Waals surface area contributed by atoms with Crippen LogP contribution in [-0.4, -0.2) is 48.4 Å². The molecule has 1 heterocycles. The van der Waals surface area contributed by atoms with Crippen molar-refractivity contribution in [3.05, 3.63) is 76.6 Å². The molecule has 0 saturated carbocycles. The third-order valence-electron chi connectivity index (χ3n) is 4.56. The molecule has 0 radical (unpaired) electrons. The Hall–Kier alpha value is -2.74. The van der Waals surface area contributed by atoms with Crippen LogP contribution in [0.15, 0.2) is 36.4 Å². The van der Waals surface area contributed by atoms with Gasteiger partial charge in [0.1, 0.15) is 5.56 Å². The highest BCUT2D eigenvalue weighted by atomic mass is 19.2. The molecule has 0 bridgehead atoms. The van der Waals surface area contributed by atoms with Crippen molar-refractivity contribution in [2.45, 2.75) is 0 Å². The van der Waals surface area contributed by atoms with E-state index in [-0.39, 0.29) is 13.1 Å². The fourth-order valence-electron chi connectivity index (χ4n) is 2.99. The Labute approximate surface area is 158 Å². The summed E-state index contributed by atoms with van der Waals surface area (Å²) in [5, 5.41) is 0. The predicted molar refractivity (Wildman–Crippen MR) is 94.1 cm³/mol. The number of carbonyl (C=O) groups excluding carboxylic acids is 1. The van der Waals surface area contributed by atoms with Crippen LogP contribution in [0.3, 0.4) is 0 Å². The largest absolute Gasteiger partial charge is 0.336 e. The van der Waals surface area contributed by atoms with Crippen LogP contribution in [0.1, 0.15) is 15.9 Å². The summed E-state index contributed by atoms with van der Waals surface area (Å²) in [5.41, 5.74) is -0.364. The minimum atomic E-state index is -2.28. The first-order valence-electron chi connectivity index (χ1n) is 8.64. The van der Waals surface area contributed by atoms with E-state index in [2.05, 4.69) is 0 Å². The van der Waals surface area contributed by atoms with Gasteiger partial charge in [0.15, 0.2) is 23.3 Å². The molecule has 0 N–H and O–H groups in total. The summed E-state index contributed by atoms with van der Waals surface area (Å²) in [6.07, 6.45) is 3.91. The molecule has 0 aromatic heterocycles. The second-order valence-electron chi connectivity index (χ2n) is 6.35. The van der Waals surface area contributed by atoms with Crippen molar-refractivity contribution in [3.8, 4) is 0 Å². The van der Waals surface area contributed by atoms with E-state index in [0.717, 1.165) is 10.5 Å². The van der Waals surface area contributed by atoms with Crippen LogP contribution in [0.4, 0.5) is 22.0 Å². The van der Waals surface area contributed by atoms with Gasteiger partial charge in [-0.2, -0.15) is 0 Å². The monoisotopic (exact) mass is 396 g/mol. The molecule has 1 amide bonds. The molecule has 2 aromatic rings. The minimum absolute atomic E-state index is 0.123. The van der Waals surface area contributed by atoms with Crippen molar-refractivity contribution in [1.29, 1.82) is 0 Å². The van der Waals surface area contributed by atoms with E-state index < -0.39 is 40.6 Å². The summed E-state index contributed by atoms with van der Waals surface area (Å²) in [7, 11) is 0. The Balaban J connectivity index is 1.62. The minimum Gasteiger partial charge on any atom is -0.336 e. The number of rotatable bonds is 4. The Kier molecular flexibility index (Phi) is 6.08. The summed E-state index contributed by atoms with van der Waals surface area (Å²) in [6, 6.07) is 9.67. The summed E-state index contributed by atoms with van der Waals surface area (Å²) < 4.78 is 67.4. The van der Waals surface area contributed by atoms with Gasteiger partial charge in [0.05, 0.1) is 0 Å². The maximum Gasteiger partial charge on any atom is 0.260 e. The van der Waals surface area contributed by atoms with Crippen LogP contribution in [-0.2, 0) is 0 Å². The maximum absolute atomic E-state index is 13.8. The quantitative estimate of drug-likeness (QED) is 0.445. The van der Waals surface area contributed by atoms with Gasteiger partial charge in [0, 0.05) is 32.7 Å². The molecule has 1 aliphatic heterocycles. The second kappa shape index (κ2) is 8.52. The Bertz CT molecular complexity index is 864. The number of piperazine rings is 1. The smallest absolute Gasteiger partial charge is 0.260 e. The van der Waals surface area contributed by atoms with Gasteiger partial charge in [0.25, 0.3) is 5.91 Å². The summed E-state index contributed by atoms with van der Waals surface area (Å²) in [6.45, 7) is 1.69. The fourth-order valence-corrected chi connectivity index (χ4v) is 2.99. The molecule has 148 valence electrons. The zero-order chi connectivity index (χ0) is 20.3. The molecule has 1 saturated heterocycles. The van der Waals surface area contributed by atoms with Gasteiger partial charge in [-0.25, -0.2) is 22.0 Å². The second-order valence-corrected chi connectivity index (χ2v) is 6.35. The molecule has 0 unspecified atom stereocenters. The van der Waals surface area contributed by atoms with Crippen molar-refractivity contribution >= 4 is 12.0 Å². The number of halogens is 5. The predicted octanol–water partition coefficient (Wildman–Crippen LogP) is 3.85. The van der Waals surface area contributed by atoms with E-state index in [9.17, 15) is 26.7 Å². The lowest BCUT2D eigenvalue weighted by molar-refractivity contribution is 0.0637. The lowest BCUT2D eigenvalue weighted by atomic mass is 10.1. The molecule has 28 heavy (non-hydrogen) atoms. The third kappa shape index (κ3) is 4.06. The standard InChI is InChI=1S/C20H17F5N2O/c21-15-14(16(22)18(24)19(25)17(15)23)20(28)27-11-9-26(10-12-27)8-4-7-13-5-2-1-3-6-13/h1-7H,8-12H2/b7-4+. The number of carbonyl (C=O) groups is 1. The highest BCUT2D eigenvalue weighted by Crippen LogP contribution is 2.24. The lowest BCUT2D eigenvalue weighted by Gasteiger charge is -2.34. The fraction of sp³-hybridized carbons (Fsp3) is 0.250. The highest BCUT2D eigenvalue weighted by Gasteiger charge is 2.33. The van der Waals surface area contributed by atoms with Gasteiger partial charge < -0.3 is 4.90 Å². The van der Waals surface area contributed by atoms with E-state index in [4.69, 9.17) is 0 Å². The van der Waals surface area contributed by atoms with Gasteiger partial charge in [-0.1, -0.05) is 42.5 Å². The summed E-state index contributed by atoms with van der Waals surface area (Å²) in [4.78, 5) is 15.4. The van der Waals surface area contributed by atoms with Crippen molar-refractivity contribution < 1.29 is 26.7 Å². The third-order valence-corrected chi connectivity index (χ3v) is 4.56. The first-order valence-corrected chi connectivity index (χ1v) is 8.64. The van der Waals surface area contributed by atoms with Gasteiger partial charge >= 0.3 is 0 Å². The molecule has 3 nitrogen and oxygen atoms in total. The average Bonchev–Trinajstić information content (AvgIpc) is 2.72. The zero-order valence-electron chi connectivity index (χ0n) is 14.8. The van der Waals surface area contributed by atoms with Gasteiger partial charge in [0.2, 0.25) is 5.82 Å². The molecule has 0 atom stereocenters. The van der Waals surface area contributed by atoms with Crippen molar-refractivity contribution in [2.75, 3.05) is 32.7 Å². The zero-order valence-corrected chi connectivity index (χ0v) is 14.8. The van der Waals surface area contributed by atoms with Crippen LogP contribution < -0.4 is 0 Å². The topological polar surface area (TPSA) is 23.6 Å². The number of amides is 1. The van der Waals surface area contributed by atoms with Crippen molar-refractivity contribution in [1.82, 2.24) is 9.80 Å². The number of nitrogens with zero attached hydrogens (tertiary/aromatic N) is 2. The van der Waals surface area contributed by atoms with Crippen LogP contribution in [0, 0.1) is 29.1 Å². The molecular formula is C20H17F5N2O. The van der Waals surface area contributed by atoms with E-state index >= 15 is 0 Å². The SMILES string of the molecule is O=C(c1c(F)c(F)c(F)c(F)c1F)N1CCN(C/C=C/c2ccccc2)CC1. The lowest BCUT2D eigenvalue weighted by Crippen LogP contribution is -2.49. The van der Waals surface area contributed by atoms with E-state index in [0.29, 0.717) is 19.6 Å². The van der Waals surface area contributed by atoms with Crippen LogP contribution in [0.25, 0.3) is 6.08 Å².